The summed E-state index contributed by atoms with van der Waals surface area (Å²) >= 11 is 2.82. The van der Waals surface area contributed by atoms with E-state index in [-0.39, 0.29) is 29.2 Å². The first-order valence-electron chi connectivity index (χ1n) is 9.13. The predicted octanol–water partition coefficient (Wildman–Crippen LogP) is 2.84. The number of carbonyl (C=O) groups is 1. The SMILES string of the molecule is O=C(CSc1n[nH]c(-c2cccs2)n1)N(Cc1ccccc1)[C@H]1CCS(=O)(=O)C1. The number of benzene rings is 1. The molecule has 1 aromatic carbocycles. The van der Waals surface area contributed by atoms with Gasteiger partial charge in [0, 0.05) is 12.6 Å². The molecule has 0 saturated carbocycles. The fraction of sp³-hybridized carbons (Fsp3) is 0.316. The maximum absolute atomic E-state index is 13.0. The molecular formula is C19H20N4O3S3. The lowest BCUT2D eigenvalue weighted by molar-refractivity contribution is -0.130. The molecule has 1 N–H and O–H groups in total. The van der Waals surface area contributed by atoms with E-state index < -0.39 is 9.84 Å². The van der Waals surface area contributed by atoms with Crippen LogP contribution in [-0.2, 0) is 21.2 Å². The molecule has 2 aromatic heterocycles. The number of sulfone groups is 1. The molecule has 4 rings (SSSR count). The van der Waals surface area contributed by atoms with Crippen LogP contribution >= 0.6 is 23.1 Å². The molecule has 0 bridgehead atoms. The Hall–Kier alpha value is -2.17. The van der Waals surface area contributed by atoms with E-state index in [1.165, 1.54) is 11.8 Å². The zero-order valence-corrected chi connectivity index (χ0v) is 18.0. The number of thiophene rings is 1. The number of carbonyl (C=O) groups excluding carboxylic acids is 1. The molecular weight excluding hydrogens is 428 g/mol. The lowest BCUT2D eigenvalue weighted by atomic mass is 10.1. The third-order valence-corrected chi connectivity index (χ3v) is 8.17. The Labute approximate surface area is 177 Å². The minimum absolute atomic E-state index is 0.0272. The van der Waals surface area contributed by atoms with Crippen LogP contribution in [0.3, 0.4) is 0 Å². The van der Waals surface area contributed by atoms with Crippen LogP contribution in [0.4, 0.5) is 0 Å². The number of nitrogens with one attached hydrogen (secondary N) is 1. The van der Waals surface area contributed by atoms with Crippen molar-refractivity contribution >= 4 is 38.8 Å². The Kier molecular flexibility index (Phi) is 6.02. The van der Waals surface area contributed by atoms with E-state index in [1.807, 2.05) is 47.8 Å². The second kappa shape index (κ2) is 8.68. The van der Waals surface area contributed by atoms with Gasteiger partial charge in [-0.2, -0.15) is 0 Å². The quantitative estimate of drug-likeness (QED) is 0.559. The molecule has 29 heavy (non-hydrogen) atoms. The zero-order valence-electron chi connectivity index (χ0n) is 15.5. The standard InChI is InChI=1S/C19H20N4O3S3/c24-17(12-28-19-20-18(21-22-19)16-7-4-9-27-16)23(11-14-5-2-1-3-6-14)15-8-10-29(25,26)13-15/h1-7,9,15H,8,10-13H2,(H,20,21,22)/t15-/m0/s1. The highest BCUT2D eigenvalue weighted by Gasteiger charge is 2.34. The lowest BCUT2D eigenvalue weighted by Gasteiger charge is -2.28. The number of aromatic nitrogens is 3. The summed E-state index contributed by atoms with van der Waals surface area (Å²) in [4.78, 5) is 20.1. The van der Waals surface area contributed by atoms with Gasteiger partial charge in [0.25, 0.3) is 0 Å². The Bertz CT molecular complexity index is 1070. The average Bonchev–Trinajstić information content (AvgIpc) is 3.45. The van der Waals surface area contributed by atoms with Gasteiger partial charge in [-0.05, 0) is 23.4 Å². The molecule has 10 heteroatoms. The van der Waals surface area contributed by atoms with E-state index in [0.29, 0.717) is 23.9 Å². The molecule has 3 heterocycles. The van der Waals surface area contributed by atoms with Gasteiger partial charge >= 0.3 is 0 Å². The number of hydrogen-bond acceptors (Lipinski definition) is 7. The number of rotatable bonds is 7. The van der Waals surface area contributed by atoms with E-state index >= 15 is 0 Å². The summed E-state index contributed by atoms with van der Waals surface area (Å²) in [6.07, 6.45) is 0.481. The molecule has 0 spiro atoms. The van der Waals surface area contributed by atoms with Crippen LogP contribution in [0.5, 0.6) is 0 Å². The van der Waals surface area contributed by atoms with E-state index in [2.05, 4.69) is 15.2 Å². The van der Waals surface area contributed by atoms with Gasteiger partial charge in [0.15, 0.2) is 15.7 Å². The molecule has 152 valence electrons. The Morgan fingerprint density at radius 1 is 1.24 bits per heavy atom. The highest BCUT2D eigenvalue weighted by Crippen LogP contribution is 2.25. The summed E-state index contributed by atoms with van der Waals surface area (Å²) in [6.45, 7) is 0.398. The molecule has 0 unspecified atom stereocenters. The van der Waals surface area contributed by atoms with Crippen molar-refractivity contribution in [3.63, 3.8) is 0 Å². The van der Waals surface area contributed by atoms with Crippen molar-refractivity contribution in [2.75, 3.05) is 17.3 Å². The van der Waals surface area contributed by atoms with Crippen LogP contribution in [0.2, 0.25) is 0 Å². The van der Waals surface area contributed by atoms with Crippen molar-refractivity contribution in [3.05, 3.63) is 53.4 Å². The van der Waals surface area contributed by atoms with E-state index in [9.17, 15) is 13.2 Å². The predicted molar refractivity (Wildman–Crippen MR) is 114 cm³/mol. The maximum Gasteiger partial charge on any atom is 0.233 e. The topological polar surface area (TPSA) is 96.0 Å². The van der Waals surface area contributed by atoms with Crippen molar-refractivity contribution in [1.82, 2.24) is 20.1 Å². The Morgan fingerprint density at radius 3 is 2.76 bits per heavy atom. The van der Waals surface area contributed by atoms with E-state index in [0.717, 1.165) is 10.4 Å². The summed E-state index contributed by atoms with van der Waals surface area (Å²) in [7, 11) is -3.08. The third-order valence-electron chi connectivity index (χ3n) is 4.71. The van der Waals surface area contributed by atoms with E-state index in [4.69, 9.17) is 0 Å². The number of H-pyrrole nitrogens is 1. The van der Waals surface area contributed by atoms with Gasteiger partial charge in [-0.15, -0.1) is 16.4 Å². The third kappa shape index (κ3) is 5.06. The first-order chi connectivity index (χ1) is 14.0. The molecule has 1 fully saturated rings. The number of amides is 1. The van der Waals surface area contributed by atoms with Crippen molar-refractivity contribution in [2.24, 2.45) is 0 Å². The van der Waals surface area contributed by atoms with Gasteiger partial charge in [0.05, 0.1) is 22.1 Å². The maximum atomic E-state index is 13.0. The average molecular weight is 449 g/mol. The van der Waals surface area contributed by atoms with Crippen LogP contribution in [0.15, 0.2) is 53.0 Å². The monoisotopic (exact) mass is 448 g/mol. The Morgan fingerprint density at radius 2 is 2.07 bits per heavy atom. The minimum Gasteiger partial charge on any atom is -0.334 e. The number of aromatic amines is 1. The van der Waals surface area contributed by atoms with Crippen molar-refractivity contribution in [2.45, 2.75) is 24.2 Å². The second-order valence-corrected chi connectivity index (χ2v) is 10.9. The van der Waals surface area contributed by atoms with Gasteiger partial charge in [-0.3, -0.25) is 9.89 Å². The fourth-order valence-corrected chi connectivity index (χ4v) is 6.34. The van der Waals surface area contributed by atoms with Crippen LogP contribution in [0.25, 0.3) is 10.7 Å². The van der Waals surface area contributed by atoms with Crippen LogP contribution < -0.4 is 0 Å². The van der Waals surface area contributed by atoms with Gasteiger partial charge in [-0.1, -0.05) is 48.2 Å². The van der Waals surface area contributed by atoms with Gasteiger partial charge < -0.3 is 4.90 Å². The normalized spacial score (nSPS) is 18.0. The van der Waals surface area contributed by atoms with Gasteiger partial charge in [0.1, 0.15) is 0 Å². The summed E-state index contributed by atoms with van der Waals surface area (Å²) in [6, 6.07) is 13.2. The molecule has 7 nitrogen and oxygen atoms in total. The number of thioether (sulfide) groups is 1. The number of nitrogens with zero attached hydrogens (tertiary/aromatic N) is 3. The molecule has 1 amide bonds. The van der Waals surface area contributed by atoms with Crippen molar-refractivity contribution in [3.8, 4) is 10.7 Å². The Balaban J connectivity index is 1.45. The van der Waals surface area contributed by atoms with Crippen molar-refractivity contribution < 1.29 is 13.2 Å². The fourth-order valence-electron chi connectivity index (χ4n) is 3.27. The van der Waals surface area contributed by atoms with Crippen LogP contribution in [0, 0.1) is 0 Å². The van der Waals surface area contributed by atoms with Gasteiger partial charge in [0.2, 0.25) is 11.1 Å². The van der Waals surface area contributed by atoms with Gasteiger partial charge in [-0.25, -0.2) is 13.4 Å². The summed E-state index contributed by atoms with van der Waals surface area (Å²) in [5.74, 6) is 0.889. The molecule has 0 aliphatic carbocycles. The second-order valence-electron chi connectivity index (χ2n) is 6.80. The zero-order chi connectivity index (χ0) is 20.3. The van der Waals surface area contributed by atoms with E-state index in [1.54, 1.807) is 16.2 Å². The molecule has 1 aliphatic heterocycles. The summed E-state index contributed by atoms with van der Waals surface area (Å²) in [5, 5.41) is 9.53. The first-order valence-corrected chi connectivity index (χ1v) is 12.8. The lowest BCUT2D eigenvalue weighted by Crippen LogP contribution is -2.41. The molecule has 1 saturated heterocycles. The first kappa shape index (κ1) is 20.1. The highest BCUT2D eigenvalue weighted by atomic mass is 32.2. The summed E-state index contributed by atoms with van der Waals surface area (Å²) in [5.41, 5.74) is 0.980. The molecule has 1 aliphatic rings. The molecule has 1 atom stereocenters. The molecule has 3 aromatic rings. The number of hydrogen-bond donors (Lipinski definition) is 1. The van der Waals surface area contributed by atoms with Crippen LogP contribution in [0.1, 0.15) is 12.0 Å². The highest BCUT2D eigenvalue weighted by molar-refractivity contribution is 7.99. The summed E-state index contributed by atoms with van der Waals surface area (Å²) < 4.78 is 23.9. The smallest absolute Gasteiger partial charge is 0.233 e. The van der Waals surface area contributed by atoms with Crippen molar-refractivity contribution in [1.29, 1.82) is 0 Å². The largest absolute Gasteiger partial charge is 0.334 e. The molecule has 0 radical (unpaired) electrons. The minimum atomic E-state index is -3.08. The van der Waals surface area contributed by atoms with Crippen LogP contribution in [-0.4, -0.2) is 57.7 Å².